The average Bonchev–Trinajstić information content (AvgIpc) is 3.48. The van der Waals surface area contributed by atoms with E-state index < -0.39 is 10.0 Å². The molecule has 1 amide bonds. The summed E-state index contributed by atoms with van der Waals surface area (Å²) in [5, 5.41) is 0.879. The molecule has 0 spiro atoms. The number of sulfonamides is 1. The molecule has 1 atom stereocenters. The smallest absolute Gasteiger partial charge is 0.243 e. The Morgan fingerprint density at radius 1 is 0.846 bits per heavy atom. The zero-order valence-electron chi connectivity index (χ0n) is 21.3. The van der Waals surface area contributed by atoms with Gasteiger partial charge < -0.3 is 9.80 Å². The average molecular weight is 546 g/mol. The zero-order valence-corrected chi connectivity index (χ0v) is 22.1. The molecule has 0 saturated carbocycles. The van der Waals surface area contributed by atoms with Crippen LogP contribution in [0.2, 0.25) is 0 Å². The Labute approximate surface area is 226 Å². The quantitative estimate of drug-likeness (QED) is 0.379. The van der Waals surface area contributed by atoms with Gasteiger partial charge in [-0.05, 0) is 60.0 Å². The number of pyridine rings is 2. The molecular formula is C29H28FN5O3S. The largest absolute Gasteiger partial charge is 0.367 e. The van der Waals surface area contributed by atoms with Crippen LogP contribution >= 0.6 is 0 Å². The fourth-order valence-corrected chi connectivity index (χ4v) is 6.97. The summed E-state index contributed by atoms with van der Waals surface area (Å²) < 4.78 is 41.7. The highest BCUT2D eigenvalue weighted by atomic mass is 32.2. The fraction of sp³-hybridized carbons (Fsp3) is 0.276. The van der Waals surface area contributed by atoms with Gasteiger partial charge in [0, 0.05) is 75.0 Å². The summed E-state index contributed by atoms with van der Waals surface area (Å²) in [6.45, 7) is 2.88. The van der Waals surface area contributed by atoms with Gasteiger partial charge in [0.25, 0.3) is 0 Å². The number of hydrogen-bond acceptors (Lipinski definition) is 6. The van der Waals surface area contributed by atoms with Crippen LogP contribution in [0.3, 0.4) is 0 Å². The van der Waals surface area contributed by atoms with Crippen molar-refractivity contribution in [3.05, 3.63) is 85.1 Å². The lowest BCUT2D eigenvalue weighted by Crippen LogP contribution is -2.50. The molecule has 2 aliphatic heterocycles. The molecule has 39 heavy (non-hydrogen) atoms. The standard InChI is InChI=1S/C29H28FN5O3S/c30-24-3-6-26-27(19-24)32-13-9-28(26)33-15-17-34(18-16-33)29(36)23-10-14-35(20-23)39(37,38)25-4-1-21(2-5-25)22-7-11-31-12-8-22/h1-9,11-13,19,23H,10,14-18,20H2. The summed E-state index contributed by atoms with van der Waals surface area (Å²) in [5.74, 6) is -0.675. The molecule has 4 aromatic rings. The van der Waals surface area contributed by atoms with Gasteiger partial charge >= 0.3 is 0 Å². The van der Waals surface area contributed by atoms with E-state index in [-0.39, 0.29) is 29.1 Å². The van der Waals surface area contributed by atoms with E-state index in [0.29, 0.717) is 44.7 Å². The SMILES string of the molecule is O=C(C1CCN(S(=O)(=O)c2ccc(-c3ccncc3)cc2)C1)N1CCN(c2ccnc3cc(F)ccc23)CC1. The van der Waals surface area contributed by atoms with E-state index >= 15 is 0 Å². The monoisotopic (exact) mass is 545 g/mol. The maximum atomic E-state index is 13.6. The molecule has 1 unspecified atom stereocenters. The van der Waals surface area contributed by atoms with E-state index in [9.17, 15) is 17.6 Å². The molecule has 4 heterocycles. The number of rotatable bonds is 5. The maximum absolute atomic E-state index is 13.6. The van der Waals surface area contributed by atoms with Crippen LogP contribution in [-0.2, 0) is 14.8 Å². The van der Waals surface area contributed by atoms with Crippen LogP contribution in [0.15, 0.2) is 84.1 Å². The molecule has 0 bridgehead atoms. The van der Waals surface area contributed by atoms with Crippen molar-refractivity contribution in [2.45, 2.75) is 11.3 Å². The van der Waals surface area contributed by atoms with Gasteiger partial charge in [-0.3, -0.25) is 14.8 Å². The minimum Gasteiger partial charge on any atom is -0.367 e. The number of hydrogen-bond donors (Lipinski definition) is 0. The van der Waals surface area contributed by atoms with Crippen LogP contribution < -0.4 is 4.90 Å². The molecule has 2 saturated heterocycles. The number of benzene rings is 2. The van der Waals surface area contributed by atoms with E-state index in [1.165, 1.54) is 16.4 Å². The normalized spacial score (nSPS) is 18.5. The first-order valence-electron chi connectivity index (χ1n) is 13.0. The third-order valence-corrected chi connectivity index (χ3v) is 9.50. The number of fused-ring (bicyclic) bond motifs is 1. The molecule has 0 N–H and O–H groups in total. The first-order valence-corrected chi connectivity index (χ1v) is 14.4. The summed E-state index contributed by atoms with van der Waals surface area (Å²) in [5.41, 5.74) is 3.45. The summed E-state index contributed by atoms with van der Waals surface area (Å²) in [7, 11) is -3.69. The van der Waals surface area contributed by atoms with Gasteiger partial charge in [-0.15, -0.1) is 0 Å². The van der Waals surface area contributed by atoms with Crippen molar-refractivity contribution < 1.29 is 17.6 Å². The molecule has 2 aromatic heterocycles. The predicted molar refractivity (Wildman–Crippen MR) is 147 cm³/mol. The van der Waals surface area contributed by atoms with Crippen LogP contribution in [0.1, 0.15) is 6.42 Å². The van der Waals surface area contributed by atoms with Gasteiger partial charge in [0.05, 0.1) is 16.3 Å². The minimum atomic E-state index is -3.69. The van der Waals surface area contributed by atoms with Crippen molar-refractivity contribution in [3.8, 4) is 11.1 Å². The molecule has 10 heteroatoms. The Hall–Kier alpha value is -3.89. The topological polar surface area (TPSA) is 86.7 Å². The predicted octanol–water partition coefficient (Wildman–Crippen LogP) is 3.80. The number of piperazine rings is 1. The highest BCUT2D eigenvalue weighted by Crippen LogP contribution is 2.30. The molecule has 2 aromatic carbocycles. The number of aromatic nitrogens is 2. The van der Waals surface area contributed by atoms with Crippen molar-refractivity contribution in [3.63, 3.8) is 0 Å². The number of carbonyl (C=O) groups excluding carboxylic acids is 1. The van der Waals surface area contributed by atoms with Gasteiger partial charge in [0.15, 0.2) is 0 Å². The summed E-state index contributed by atoms with van der Waals surface area (Å²) in [6, 6.07) is 17.1. The molecule has 8 nitrogen and oxygen atoms in total. The summed E-state index contributed by atoms with van der Waals surface area (Å²) in [6.07, 6.45) is 5.58. The molecule has 200 valence electrons. The van der Waals surface area contributed by atoms with Crippen LogP contribution in [0, 0.1) is 11.7 Å². The lowest BCUT2D eigenvalue weighted by Gasteiger charge is -2.37. The second-order valence-electron chi connectivity index (χ2n) is 9.91. The summed E-state index contributed by atoms with van der Waals surface area (Å²) >= 11 is 0. The lowest BCUT2D eigenvalue weighted by molar-refractivity contribution is -0.135. The Morgan fingerprint density at radius 3 is 2.31 bits per heavy atom. The van der Waals surface area contributed by atoms with E-state index in [1.54, 1.807) is 48.9 Å². The van der Waals surface area contributed by atoms with Gasteiger partial charge in [-0.2, -0.15) is 4.31 Å². The van der Waals surface area contributed by atoms with Gasteiger partial charge in [-0.1, -0.05) is 12.1 Å². The maximum Gasteiger partial charge on any atom is 0.243 e. The number of halogens is 1. The van der Waals surface area contributed by atoms with Crippen LogP contribution in [0.5, 0.6) is 0 Å². The van der Waals surface area contributed by atoms with Crippen LogP contribution in [0.4, 0.5) is 10.1 Å². The molecule has 0 aliphatic carbocycles. The van der Waals surface area contributed by atoms with E-state index in [4.69, 9.17) is 0 Å². The van der Waals surface area contributed by atoms with Crippen LogP contribution in [-0.4, -0.2) is 72.8 Å². The molecular weight excluding hydrogens is 517 g/mol. The van der Waals surface area contributed by atoms with Crippen LogP contribution in [0.25, 0.3) is 22.0 Å². The third kappa shape index (κ3) is 4.97. The first-order chi connectivity index (χ1) is 18.9. The van der Waals surface area contributed by atoms with E-state index in [0.717, 1.165) is 22.2 Å². The van der Waals surface area contributed by atoms with E-state index in [2.05, 4.69) is 14.9 Å². The Balaban J connectivity index is 1.08. The Morgan fingerprint density at radius 2 is 1.56 bits per heavy atom. The fourth-order valence-electron chi connectivity index (χ4n) is 5.47. The third-order valence-electron chi connectivity index (χ3n) is 7.62. The van der Waals surface area contributed by atoms with Crippen molar-refractivity contribution in [2.24, 2.45) is 5.92 Å². The second kappa shape index (κ2) is 10.3. The number of anilines is 1. The number of amides is 1. The summed E-state index contributed by atoms with van der Waals surface area (Å²) in [4.78, 5) is 25.9. The zero-order chi connectivity index (χ0) is 27.0. The van der Waals surface area contributed by atoms with Gasteiger partial charge in [0.1, 0.15) is 5.82 Å². The highest BCUT2D eigenvalue weighted by Gasteiger charge is 2.38. The van der Waals surface area contributed by atoms with Gasteiger partial charge in [0.2, 0.25) is 15.9 Å². The number of nitrogens with zero attached hydrogens (tertiary/aromatic N) is 5. The molecule has 2 aliphatic rings. The van der Waals surface area contributed by atoms with Crippen molar-refractivity contribution in [1.82, 2.24) is 19.2 Å². The molecule has 6 rings (SSSR count). The van der Waals surface area contributed by atoms with Crippen molar-refractivity contribution in [2.75, 3.05) is 44.2 Å². The van der Waals surface area contributed by atoms with Crippen molar-refractivity contribution >= 4 is 32.5 Å². The van der Waals surface area contributed by atoms with E-state index in [1.807, 2.05) is 23.1 Å². The second-order valence-corrected chi connectivity index (χ2v) is 11.9. The Bertz CT molecular complexity index is 1610. The van der Waals surface area contributed by atoms with Gasteiger partial charge in [-0.25, -0.2) is 12.8 Å². The molecule has 2 fully saturated rings. The van der Waals surface area contributed by atoms with Crippen molar-refractivity contribution in [1.29, 1.82) is 0 Å². The lowest BCUT2D eigenvalue weighted by atomic mass is 10.1. The first kappa shape index (κ1) is 25.4. The minimum absolute atomic E-state index is 0.00189. The Kier molecular flexibility index (Phi) is 6.74. The highest BCUT2D eigenvalue weighted by molar-refractivity contribution is 7.89. The molecule has 0 radical (unpaired) electrons. The number of carbonyl (C=O) groups is 1.